The molecule has 1 saturated carbocycles. The molecular formula is C19H30BN3. The smallest absolute Gasteiger partial charge is 0.133 e. The van der Waals surface area contributed by atoms with Gasteiger partial charge in [0.15, 0.2) is 0 Å². The fourth-order valence-corrected chi connectivity index (χ4v) is 3.35. The van der Waals surface area contributed by atoms with E-state index in [2.05, 4.69) is 75.2 Å². The number of allylic oxidation sites excluding steroid dienone is 2. The van der Waals surface area contributed by atoms with E-state index in [1.54, 1.807) is 0 Å². The lowest BCUT2D eigenvalue weighted by atomic mass is 9.93. The van der Waals surface area contributed by atoms with Crippen LogP contribution < -0.4 is 5.32 Å². The molecule has 1 aliphatic carbocycles. The summed E-state index contributed by atoms with van der Waals surface area (Å²) < 4.78 is 0. The molecule has 1 aliphatic heterocycles. The van der Waals surface area contributed by atoms with Gasteiger partial charge in [-0.1, -0.05) is 40.0 Å². The van der Waals surface area contributed by atoms with Gasteiger partial charge in [0.05, 0.1) is 0 Å². The molecule has 0 amide bonds. The van der Waals surface area contributed by atoms with E-state index in [9.17, 15) is 0 Å². The highest BCUT2D eigenvalue weighted by atomic mass is 15.3. The minimum Gasteiger partial charge on any atom is -0.344 e. The molecule has 23 heavy (non-hydrogen) atoms. The Hall–Kier alpha value is -1.71. The third-order valence-corrected chi connectivity index (χ3v) is 5.02. The van der Waals surface area contributed by atoms with Crippen LogP contribution in [-0.2, 0) is 0 Å². The quantitative estimate of drug-likeness (QED) is 0.788. The van der Waals surface area contributed by atoms with Gasteiger partial charge in [-0.2, -0.15) is 0 Å². The molecule has 0 aromatic carbocycles. The molecule has 124 valence electrons. The van der Waals surface area contributed by atoms with E-state index in [1.165, 1.54) is 19.3 Å². The predicted octanol–water partition coefficient (Wildman–Crippen LogP) is 3.40. The van der Waals surface area contributed by atoms with Crippen molar-refractivity contribution in [3.63, 3.8) is 0 Å². The second-order valence-electron chi connectivity index (χ2n) is 7.11. The van der Waals surface area contributed by atoms with E-state index in [-0.39, 0.29) is 0 Å². The molecule has 1 heterocycles. The monoisotopic (exact) mass is 311 g/mol. The zero-order valence-electron chi connectivity index (χ0n) is 15.0. The molecular weight excluding hydrogens is 281 g/mol. The van der Waals surface area contributed by atoms with Gasteiger partial charge in [-0.15, -0.1) is 5.98 Å². The molecule has 3 atom stereocenters. The summed E-state index contributed by atoms with van der Waals surface area (Å²) in [7, 11) is 2.10. The minimum atomic E-state index is 0.389. The van der Waals surface area contributed by atoms with Gasteiger partial charge in [-0.3, -0.25) is 0 Å². The second kappa shape index (κ2) is 7.71. The first-order valence-corrected chi connectivity index (χ1v) is 8.73. The van der Waals surface area contributed by atoms with Crippen LogP contribution in [-0.4, -0.2) is 24.6 Å². The summed E-state index contributed by atoms with van der Waals surface area (Å²) in [5.74, 6) is 5.73. The summed E-state index contributed by atoms with van der Waals surface area (Å²) in [6.07, 6.45) is 10.1. The maximum absolute atomic E-state index is 4.62. The van der Waals surface area contributed by atoms with Crippen LogP contribution in [0.25, 0.3) is 0 Å². The highest BCUT2D eigenvalue weighted by Crippen LogP contribution is 2.38. The molecule has 1 N–H and O–H groups in total. The van der Waals surface area contributed by atoms with Crippen molar-refractivity contribution in [2.24, 2.45) is 22.7 Å². The Morgan fingerprint density at radius 3 is 2.87 bits per heavy atom. The first kappa shape index (κ1) is 17.6. The highest BCUT2D eigenvalue weighted by molar-refractivity contribution is 6.16. The van der Waals surface area contributed by atoms with E-state index < -0.39 is 0 Å². The number of amidine groups is 1. The fourth-order valence-electron chi connectivity index (χ4n) is 3.35. The lowest BCUT2D eigenvalue weighted by Gasteiger charge is -2.30. The number of hydrogen-bond donors (Lipinski definition) is 1. The fraction of sp³-hybridized carbons (Fsp3) is 0.526. The van der Waals surface area contributed by atoms with Crippen LogP contribution in [0, 0.1) is 17.8 Å². The second-order valence-corrected chi connectivity index (χ2v) is 7.11. The van der Waals surface area contributed by atoms with Crippen molar-refractivity contribution in [2.75, 3.05) is 0 Å². The normalized spacial score (nSPS) is 27.8. The van der Waals surface area contributed by atoms with Gasteiger partial charge in [0.2, 0.25) is 0 Å². The summed E-state index contributed by atoms with van der Waals surface area (Å²) in [6.45, 7) is 14.8. The summed E-state index contributed by atoms with van der Waals surface area (Å²) in [4.78, 5) is 6.86. The van der Waals surface area contributed by atoms with Gasteiger partial charge in [0, 0.05) is 17.9 Å². The average molecular weight is 311 g/mol. The van der Waals surface area contributed by atoms with E-state index in [4.69, 9.17) is 0 Å². The van der Waals surface area contributed by atoms with Crippen molar-refractivity contribution in [3.8, 4) is 0 Å². The molecule has 3 nitrogen and oxygen atoms in total. The number of aliphatic imine (C=N–C) groups is 1. The van der Waals surface area contributed by atoms with Gasteiger partial charge in [-0.05, 0) is 43.1 Å². The average Bonchev–Trinajstić information content (AvgIpc) is 2.86. The van der Waals surface area contributed by atoms with Crippen LogP contribution in [0.4, 0.5) is 0 Å². The summed E-state index contributed by atoms with van der Waals surface area (Å²) in [6, 6.07) is 0.516. The molecule has 0 aromatic rings. The van der Waals surface area contributed by atoms with E-state index in [0.717, 1.165) is 29.2 Å². The van der Waals surface area contributed by atoms with Crippen LogP contribution in [0.5, 0.6) is 0 Å². The van der Waals surface area contributed by atoms with E-state index in [0.29, 0.717) is 12.0 Å². The van der Waals surface area contributed by atoms with Gasteiger partial charge in [-0.25, -0.2) is 4.99 Å². The van der Waals surface area contributed by atoms with Crippen molar-refractivity contribution in [1.29, 1.82) is 0 Å². The van der Waals surface area contributed by atoms with Crippen molar-refractivity contribution in [2.45, 2.75) is 46.1 Å². The Morgan fingerprint density at radius 1 is 1.52 bits per heavy atom. The maximum atomic E-state index is 4.62. The number of hydrogen-bond acceptors (Lipinski definition) is 3. The number of nitrogens with one attached hydrogen (secondary N) is 1. The van der Waals surface area contributed by atoms with Crippen molar-refractivity contribution < 1.29 is 0 Å². The van der Waals surface area contributed by atoms with Crippen molar-refractivity contribution in [1.82, 2.24) is 10.2 Å². The number of nitrogens with zero attached hydrogens (tertiary/aromatic N) is 2. The topological polar surface area (TPSA) is 27.6 Å². The number of rotatable bonds is 5. The first-order chi connectivity index (χ1) is 10.9. The van der Waals surface area contributed by atoms with Gasteiger partial charge < -0.3 is 10.2 Å². The molecule has 0 aromatic heterocycles. The van der Waals surface area contributed by atoms with Crippen LogP contribution in [0.15, 0.2) is 54.0 Å². The molecule has 0 saturated heterocycles. The summed E-state index contributed by atoms with van der Waals surface area (Å²) in [5.41, 5.74) is 0.982. The van der Waals surface area contributed by atoms with Crippen molar-refractivity contribution in [3.05, 3.63) is 49.0 Å². The molecule has 0 spiro atoms. The largest absolute Gasteiger partial charge is 0.344 e. The molecule has 3 unspecified atom stereocenters. The lowest BCUT2D eigenvalue weighted by molar-refractivity contribution is 0.328. The zero-order valence-corrected chi connectivity index (χ0v) is 15.0. The molecule has 4 heteroatoms. The summed E-state index contributed by atoms with van der Waals surface area (Å²) in [5, 5.41) is 3.28. The first-order valence-electron chi connectivity index (χ1n) is 8.73. The third-order valence-electron chi connectivity index (χ3n) is 5.02. The van der Waals surface area contributed by atoms with Crippen LogP contribution >= 0.6 is 0 Å². The molecule has 2 aliphatic rings. The van der Waals surface area contributed by atoms with Gasteiger partial charge >= 0.3 is 0 Å². The van der Waals surface area contributed by atoms with E-state index >= 15 is 0 Å². The maximum Gasteiger partial charge on any atom is 0.133 e. The Balaban J connectivity index is 1.97. The third kappa shape index (κ3) is 4.40. The SMILES string of the molecule is B/C=C\CC1CC(N2C=CC(NC(=C)C(C)C)=NC2=C)CC1C. The molecule has 0 bridgehead atoms. The summed E-state index contributed by atoms with van der Waals surface area (Å²) >= 11 is 0. The van der Waals surface area contributed by atoms with Crippen molar-refractivity contribution >= 4 is 13.7 Å². The highest BCUT2D eigenvalue weighted by Gasteiger charge is 2.34. The molecule has 0 radical (unpaired) electrons. The zero-order chi connectivity index (χ0) is 17.0. The van der Waals surface area contributed by atoms with Gasteiger partial charge in [0.25, 0.3) is 0 Å². The Morgan fingerprint density at radius 2 is 2.26 bits per heavy atom. The minimum absolute atomic E-state index is 0.389. The predicted molar refractivity (Wildman–Crippen MR) is 103 cm³/mol. The Kier molecular flexibility index (Phi) is 5.92. The standard InChI is InChI=1S/C19H30BN3/c1-13(2)15(4)21-19-8-10-23(16(5)22-19)18-11-14(3)17(12-18)7-6-9-20/h6,8-10,13-14,17-18H,4-5,7,11-12,20H2,1-3H3,(H,21,22)/b9-6-. The van der Waals surface area contributed by atoms with Crippen LogP contribution in [0.2, 0.25) is 0 Å². The Bertz CT molecular complexity index is 545. The van der Waals surface area contributed by atoms with Crippen LogP contribution in [0.3, 0.4) is 0 Å². The lowest BCUT2D eigenvalue weighted by Crippen LogP contribution is -2.33. The molecule has 2 rings (SSSR count). The Labute approximate surface area is 142 Å². The van der Waals surface area contributed by atoms with Crippen LogP contribution in [0.1, 0.15) is 40.0 Å². The molecule has 1 fully saturated rings. The van der Waals surface area contributed by atoms with Gasteiger partial charge in [0.1, 0.15) is 19.5 Å². The van der Waals surface area contributed by atoms with E-state index in [1.807, 2.05) is 6.08 Å².